The van der Waals surface area contributed by atoms with Gasteiger partial charge in [0, 0.05) is 24.3 Å². The zero-order valence-corrected chi connectivity index (χ0v) is 18.8. The molecule has 2 aliphatic rings. The van der Waals surface area contributed by atoms with Crippen molar-refractivity contribution in [3.05, 3.63) is 29.7 Å². The first-order valence-electron chi connectivity index (χ1n) is 11.4. The van der Waals surface area contributed by atoms with Crippen LogP contribution in [-0.2, 0) is 4.79 Å². The number of amides is 1. The molecule has 2 aromatic heterocycles. The summed E-state index contributed by atoms with van der Waals surface area (Å²) >= 11 is 6.42. The number of pyridine rings is 1. The van der Waals surface area contributed by atoms with E-state index in [9.17, 15) is 4.79 Å². The molecule has 3 N–H and O–H groups in total. The number of halogens is 1. The minimum atomic E-state index is -0.0386. The van der Waals surface area contributed by atoms with Gasteiger partial charge in [-0.3, -0.25) is 9.78 Å². The van der Waals surface area contributed by atoms with E-state index in [2.05, 4.69) is 32.8 Å². The molecule has 0 radical (unpaired) electrons. The van der Waals surface area contributed by atoms with Crippen molar-refractivity contribution in [1.29, 1.82) is 0 Å². The van der Waals surface area contributed by atoms with Gasteiger partial charge in [-0.1, -0.05) is 30.9 Å². The van der Waals surface area contributed by atoms with E-state index in [0.717, 1.165) is 25.2 Å². The Balaban J connectivity index is 1.47. The average molecular weight is 443 g/mol. The summed E-state index contributed by atoms with van der Waals surface area (Å²) in [5.41, 5.74) is 1.36. The normalized spacial score (nSPS) is 20.8. The summed E-state index contributed by atoms with van der Waals surface area (Å²) in [4.78, 5) is 26.0. The van der Waals surface area contributed by atoms with E-state index in [4.69, 9.17) is 16.6 Å². The molecular weight excluding hydrogens is 412 g/mol. The summed E-state index contributed by atoms with van der Waals surface area (Å²) in [6.45, 7) is 3.89. The van der Waals surface area contributed by atoms with E-state index in [1.54, 1.807) is 24.7 Å². The van der Waals surface area contributed by atoms with Gasteiger partial charge in [-0.25, -0.2) is 9.97 Å². The number of rotatable bonds is 6. The molecule has 2 fully saturated rings. The van der Waals surface area contributed by atoms with Gasteiger partial charge in [0.2, 0.25) is 5.91 Å². The number of anilines is 2. The van der Waals surface area contributed by atoms with Crippen LogP contribution in [0.25, 0.3) is 11.3 Å². The van der Waals surface area contributed by atoms with Gasteiger partial charge in [0.15, 0.2) is 0 Å². The predicted molar refractivity (Wildman–Crippen MR) is 124 cm³/mol. The lowest BCUT2D eigenvalue weighted by Gasteiger charge is -2.28. The van der Waals surface area contributed by atoms with Crippen LogP contribution in [0.5, 0.6) is 0 Å². The highest BCUT2D eigenvalue weighted by atomic mass is 35.5. The third-order valence-electron chi connectivity index (χ3n) is 6.42. The number of nitrogens with zero attached hydrogens (tertiary/aromatic N) is 3. The maximum absolute atomic E-state index is 12.6. The molecule has 0 spiro atoms. The molecule has 8 heteroatoms. The van der Waals surface area contributed by atoms with Crippen LogP contribution in [-0.4, -0.2) is 40.0 Å². The molecule has 1 saturated carbocycles. The van der Waals surface area contributed by atoms with E-state index in [-0.39, 0.29) is 11.8 Å². The average Bonchev–Trinajstić information content (AvgIpc) is 2.81. The van der Waals surface area contributed by atoms with Gasteiger partial charge in [-0.15, -0.1) is 0 Å². The van der Waals surface area contributed by atoms with Crippen LogP contribution in [0.2, 0.25) is 5.02 Å². The molecule has 7 nitrogen and oxygen atoms in total. The Morgan fingerprint density at radius 1 is 1.13 bits per heavy atom. The molecule has 2 atom stereocenters. The Bertz CT molecular complexity index is 895. The molecule has 1 saturated heterocycles. The third kappa shape index (κ3) is 5.71. The number of nitrogens with one attached hydrogen (secondary N) is 3. The fourth-order valence-electron chi connectivity index (χ4n) is 4.56. The van der Waals surface area contributed by atoms with Gasteiger partial charge in [0.05, 0.1) is 29.0 Å². The molecule has 1 aliphatic carbocycles. The van der Waals surface area contributed by atoms with Gasteiger partial charge in [-0.05, 0) is 51.1 Å². The van der Waals surface area contributed by atoms with Gasteiger partial charge in [0.25, 0.3) is 0 Å². The Morgan fingerprint density at radius 3 is 2.74 bits per heavy atom. The van der Waals surface area contributed by atoms with E-state index in [1.807, 2.05) is 0 Å². The Labute approximate surface area is 188 Å². The topological polar surface area (TPSA) is 91.8 Å². The number of hydrogen-bond donors (Lipinski definition) is 3. The van der Waals surface area contributed by atoms with Crippen molar-refractivity contribution in [3.8, 4) is 11.3 Å². The highest BCUT2D eigenvalue weighted by Crippen LogP contribution is 2.30. The van der Waals surface area contributed by atoms with Crippen molar-refractivity contribution in [2.45, 2.75) is 57.9 Å². The molecule has 3 heterocycles. The second-order valence-electron chi connectivity index (χ2n) is 8.70. The molecule has 166 valence electrons. The molecule has 0 bridgehead atoms. The molecule has 31 heavy (non-hydrogen) atoms. The van der Waals surface area contributed by atoms with E-state index in [0.29, 0.717) is 40.6 Å². The van der Waals surface area contributed by atoms with Crippen molar-refractivity contribution >= 4 is 29.1 Å². The molecule has 0 unspecified atom stereocenters. The third-order valence-corrected chi connectivity index (χ3v) is 6.72. The van der Waals surface area contributed by atoms with Crippen molar-refractivity contribution in [2.75, 3.05) is 23.7 Å². The number of hydrogen-bond acceptors (Lipinski definition) is 6. The fraction of sp³-hybridized carbons (Fsp3) is 0.565. The summed E-state index contributed by atoms with van der Waals surface area (Å²) in [6.07, 6.45) is 13.4. The van der Waals surface area contributed by atoms with Crippen LogP contribution in [0.15, 0.2) is 24.7 Å². The predicted octanol–water partition coefficient (Wildman–Crippen LogP) is 4.51. The van der Waals surface area contributed by atoms with Crippen molar-refractivity contribution in [1.82, 2.24) is 20.3 Å². The second kappa shape index (κ2) is 10.4. The molecule has 2 aromatic rings. The summed E-state index contributed by atoms with van der Waals surface area (Å²) in [6, 6.07) is 2.12. The molecule has 1 aliphatic heterocycles. The molecule has 1 amide bonds. The molecule has 0 aromatic carbocycles. The maximum atomic E-state index is 12.6. The van der Waals surface area contributed by atoms with E-state index in [1.165, 1.54) is 32.1 Å². The first kappa shape index (κ1) is 22.0. The lowest BCUT2D eigenvalue weighted by Crippen LogP contribution is -2.37. The van der Waals surface area contributed by atoms with Crippen LogP contribution < -0.4 is 16.0 Å². The van der Waals surface area contributed by atoms with E-state index < -0.39 is 0 Å². The standard InChI is InChI=1S/C23H31ClN6O/c1-15(16-6-3-2-4-7-16)28-22-14-26-13-20(29-22)18-10-21(27-12-19(18)24)30-23(31)17-8-5-9-25-11-17/h10,12-17,25H,2-9,11H2,1H3,(H,28,29)(H,27,30,31)/t15-,17+/m0/s1. The highest BCUT2D eigenvalue weighted by molar-refractivity contribution is 6.33. The zero-order valence-electron chi connectivity index (χ0n) is 18.0. The van der Waals surface area contributed by atoms with E-state index >= 15 is 0 Å². The van der Waals surface area contributed by atoms with Crippen LogP contribution >= 0.6 is 11.6 Å². The number of piperidine rings is 1. The Morgan fingerprint density at radius 2 is 1.97 bits per heavy atom. The zero-order chi connectivity index (χ0) is 21.6. The summed E-state index contributed by atoms with van der Waals surface area (Å²) in [5.74, 6) is 1.83. The smallest absolute Gasteiger partial charge is 0.229 e. The van der Waals surface area contributed by atoms with Gasteiger partial charge in [0.1, 0.15) is 11.6 Å². The van der Waals surface area contributed by atoms with Crippen molar-refractivity contribution < 1.29 is 4.79 Å². The lowest BCUT2D eigenvalue weighted by molar-refractivity contribution is -0.120. The minimum Gasteiger partial charge on any atom is -0.366 e. The second-order valence-corrected chi connectivity index (χ2v) is 9.11. The van der Waals surface area contributed by atoms with Gasteiger partial charge in [-0.2, -0.15) is 0 Å². The van der Waals surface area contributed by atoms with Gasteiger partial charge < -0.3 is 16.0 Å². The van der Waals surface area contributed by atoms with Crippen LogP contribution in [0, 0.1) is 11.8 Å². The van der Waals surface area contributed by atoms with Crippen LogP contribution in [0.3, 0.4) is 0 Å². The first-order chi connectivity index (χ1) is 15.1. The number of carbonyl (C=O) groups excluding carboxylic acids is 1. The fourth-order valence-corrected chi connectivity index (χ4v) is 4.76. The van der Waals surface area contributed by atoms with Crippen molar-refractivity contribution in [2.24, 2.45) is 11.8 Å². The van der Waals surface area contributed by atoms with Gasteiger partial charge >= 0.3 is 0 Å². The number of carbonyl (C=O) groups is 1. The first-order valence-corrected chi connectivity index (χ1v) is 11.7. The molecular formula is C23H31ClN6O. The van der Waals surface area contributed by atoms with Crippen molar-refractivity contribution in [3.63, 3.8) is 0 Å². The maximum Gasteiger partial charge on any atom is 0.229 e. The lowest BCUT2D eigenvalue weighted by atomic mass is 9.84. The molecule has 4 rings (SSSR count). The monoisotopic (exact) mass is 442 g/mol. The quantitative estimate of drug-likeness (QED) is 0.609. The highest BCUT2D eigenvalue weighted by Gasteiger charge is 2.22. The Hall–Kier alpha value is -2.25. The summed E-state index contributed by atoms with van der Waals surface area (Å²) in [7, 11) is 0. The van der Waals surface area contributed by atoms with Crippen LogP contribution in [0.4, 0.5) is 11.6 Å². The Kier molecular flexibility index (Phi) is 7.35. The minimum absolute atomic E-state index is 0.0178. The summed E-state index contributed by atoms with van der Waals surface area (Å²) in [5, 5.41) is 10.2. The number of aromatic nitrogens is 3. The van der Waals surface area contributed by atoms with Crippen LogP contribution in [0.1, 0.15) is 51.9 Å². The largest absolute Gasteiger partial charge is 0.366 e. The summed E-state index contributed by atoms with van der Waals surface area (Å²) < 4.78 is 0. The SMILES string of the molecule is C[C@H](Nc1cncc(-c2cc(NC(=O)[C@@H]3CCCNC3)ncc2Cl)n1)C1CCCCC1.